The molecule has 0 amide bonds. The van der Waals surface area contributed by atoms with Crippen LogP contribution in [0.2, 0.25) is 0 Å². The zero-order valence-electron chi connectivity index (χ0n) is 17.5. The Hall–Kier alpha value is -0.870. The molecule has 0 saturated heterocycles. The van der Waals surface area contributed by atoms with Gasteiger partial charge in [-0.15, -0.1) is 0 Å². The third kappa shape index (κ3) is 3.98. The number of carbonyl (C=O) groups is 1. The standard InChI is InChI=1S/C23H38O4/c1-15(2)16-6-8-19-17(12-16)7-9-20-22(19,3)10-5-11-23(20,4)27-21(26)13-18(25)14-24/h12,15,17-20,24-25H,5-11,13-14H2,1-4H3. The number of ether oxygens (including phenoxy) is 1. The molecule has 2 fully saturated rings. The molecular weight excluding hydrogens is 340 g/mol. The number of hydrogen-bond donors (Lipinski definition) is 2. The molecule has 0 aliphatic heterocycles. The topological polar surface area (TPSA) is 66.8 Å². The summed E-state index contributed by atoms with van der Waals surface area (Å²) >= 11 is 0. The van der Waals surface area contributed by atoms with Crippen molar-refractivity contribution in [2.45, 2.75) is 90.8 Å². The fourth-order valence-corrected chi connectivity index (χ4v) is 6.58. The van der Waals surface area contributed by atoms with E-state index < -0.39 is 18.3 Å². The van der Waals surface area contributed by atoms with E-state index in [1.807, 2.05) is 0 Å². The van der Waals surface area contributed by atoms with Crippen molar-refractivity contribution in [1.29, 1.82) is 0 Å². The number of rotatable bonds is 5. The van der Waals surface area contributed by atoms with Gasteiger partial charge in [-0.1, -0.05) is 32.4 Å². The average Bonchev–Trinajstić information content (AvgIpc) is 2.60. The van der Waals surface area contributed by atoms with Crippen molar-refractivity contribution in [3.05, 3.63) is 11.6 Å². The van der Waals surface area contributed by atoms with E-state index in [0.717, 1.165) is 19.3 Å². The maximum Gasteiger partial charge on any atom is 0.309 e. The number of carbonyl (C=O) groups excluding carboxylic acids is 1. The highest BCUT2D eigenvalue weighted by molar-refractivity contribution is 5.70. The average molecular weight is 379 g/mol. The minimum Gasteiger partial charge on any atom is -0.459 e. The molecule has 6 unspecified atom stereocenters. The Bertz CT molecular complexity index is 583. The lowest BCUT2D eigenvalue weighted by Crippen LogP contribution is -2.57. The molecule has 0 spiro atoms. The SMILES string of the molecule is CC(C)C1=CC2CCC3C(C)(OC(=O)CC(O)CO)CCCC3(C)C2CC1. The minimum atomic E-state index is -1.02. The molecule has 2 N–H and O–H groups in total. The molecule has 0 aromatic carbocycles. The lowest BCUT2D eigenvalue weighted by Gasteiger charge is -2.60. The molecule has 0 bridgehead atoms. The highest BCUT2D eigenvalue weighted by Crippen LogP contribution is 2.62. The van der Waals surface area contributed by atoms with Gasteiger partial charge in [0.2, 0.25) is 0 Å². The Morgan fingerprint density at radius 1 is 1.26 bits per heavy atom. The summed E-state index contributed by atoms with van der Waals surface area (Å²) in [4.78, 5) is 12.4. The monoisotopic (exact) mass is 378 g/mol. The fraction of sp³-hybridized carbons (Fsp3) is 0.870. The van der Waals surface area contributed by atoms with E-state index in [9.17, 15) is 9.90 Å². The molecule has 0 heterocycles. The van der Waals surface area contributed by atoms with E-state index >= 15 is 0 Å². The second kappa shape index (κ2) is 7.87. The second-order valence-corrected chi connectivity index (χ2v) is 10.0. The van der Waals surface area contributed by atoms with Gasteiger partial charge in [0, 0.05) is 5.92 Å². The first-order valence-electron chi connectivity index (χ1n) is 10.9. The van der Waals surface area contributed by atoms with Crippen LogP contribution in [0.4, 0.5) is 0 Å². The van der Waals surface area contributed by atoms with Crippen LogP contribution in [0.25, 0.3) is 0 Å². The van der Waals surface area contributed by atoms with Crippen LogP contribution in [-0.2, 0) is 9.53 Å². The van der Waals surface area contributed by atoms with Crippen molar-refractivity contribution >= 4 is 5.97 Å². The van der Waals surface area contributed by atoms with Gasteiger partial charge in [0.05, 0.1) is 19.1 Å². The fourth-order valence-electron chi connectivity index (χ4n) is 6.58. The molecule has 154 valence electrons. The summed E-state index contributed by atoms with van der Waals surface area (Å²) in [5.74, 6) is 2.00. The highest BCUT2D eigenvalue weighted by Gasteiger charge is 2.57. The van der Waals surface area contributed by atoms with E-state index in [-0.39, 0.29) is 17.8 Å². The number of fused-ring (bicyclic) bond motifs is 3. The van der Waals surface area contributed by atoms with Gasteiger partial charge in [-0.25, -0.2) is 0 Å². The summed E-state index contributed by atoms with van der Waals surface area (Å²) in [6, 6.07) is 0. The predicted molar refractivity (Wildman–Crippen MR) is 106 cm³/mol. The second-order valence-electron chi connectivity index (χ2n) is 10.0. The van der Waals surface area contributed by atoms with Gasteiger partial charge < -0.3 is 14.9 Å². The van der Waals surface area contributed by atoms with Gasteiger partial charge in [0.25, 0.3) is 0 Å². The van der Waals surface area contributed by atoms with Crippen LogP contribution < -0.4 is 0 Å². The van der Waals surface area contributed by atoms with Crippen LogP contribution in [0, 0.1) is 29.1 Å². The zero-order valence-corrected chi connectivity index (χ0v) is 17.5. The maximum absolute atomic E-state index is 12.4. The molecule has 3 aliphatic rings. The van der Waals surface area contributed by atoms with E-state index in [2.05, 4.69) is 33.8 Å². The molecule has 3 rings (SSSR count). The Balaban J connectivity index is 1.78. The van der Waals surface area contributed by atoms with Crippen molar-refractivity contribution in [2.24, 2.45) is 29.1 Å². The Labute approximate surface area is 164 Å². The molecule has 4 heteroatoms. The van der Waals surface area contributed by atoms with Crippen LogP contribution in [0.5, 0.6) is 0 Å². The summed E-state index contributed by atoms with van der Waals surface area (Å²) in [5, 5.41) is 18.6. The van der Waals surface area contributed by atoms with E-state index in [4.69, 9.17) is 9.84 Å². The predicted octanol–water partition coefficient (Wildman–Crippen LogP) is 4.24. The van der Waals surface area contributed by atoms with Crippen molar-refractivity contribution in [1.82, 2.24) is 0 Å². The molecule has 2 saturated carbocycles. The molecular formula is C23H38O4. The quantitative estimate of drug-likeness (QED) is 0.555. The summed E-state index contributed by atoms with van der Waals surface area (Å²) < 4.78 is 6.00. The molecule has 4 nitrogen and oxygen atoms in total. The third-order valence-electron chi connectivity index (χ3n) is 7.95. The number of esters is 1. The molecule has 27 heavy (non-hydrogen) atoms. The highest BCUT2D eigenvalue weighted by atomic mass is 16.6. The Morgan fingerprint density at radius 3 is 2.67 bits per heavy atom. The molecule has 0 radical (unpaired) electrons. The first-order valence-corrected chi connectivity index (χ1v) is 10.9. The molecule has 0 aromatic rings. The maximum atomic E-state index is 12.4. The smallest absolute Gasteiger partial charge is 0.309 e. The van der Waals surface area contributed by atoms with Crippen LogP contribution in [0.1, 0.15) is 79.1 Å². The summed E-state index contributed by atoms with van der Waals surface area (Å²) in [6.07, 6.45) is 9.40. The van der Waals surface area contributed by atoms with Crippen molar-refractivity contribution in [3.63, 3.8) is 0 Å². The van der Waals surface area contributed by atoms with Crippen LogP contribution in [0.15, 0.2) is 11.6 Å². The molecule has 6 atom stereocenters. The molecule has 0 aromatic heterocycles. The number of allylic oxidation sites excluding steroid dienone is 2. The van der Waals surface area contributed by atoms with Crippen LogP contribution >= 0.6 is 0 Å². The third-order valence-corrected chi connectivity index (χ3v) is 7.95. The minimum absolute atomic E-state index is 0.123. The normalized spacial score (nSPS) is 40.0. The van der Waals surface area contributed by atoms with Gasteiger partial charge >= 0.3 is 5.97 Å². The lowest BCUT2D eigenvalue weighted by atomic mass is 9.47. The van der Waals surface area contributed by atoms with Crippen molar-refractivity contribution in [3.8, 4) is 0 Å². The summed E-state index contributed by atoms with van der Waals surface area (Å²) in [5.41, 5.74) is 1.39. The van der Waals surface area contributed by atoms with E-state index in [1.54, 1.807) is 5.57 Å². The Morgan fingerprint density at radius 2 is 2.00 bits per heavy atom. The number of hydrogen-bond acceptors (Lipinski definition) is 4. The van der Waals surface area contributed by atoms with E-state index in [0.29, 0.717) is 23.7 Å². The van der Waals surface area contributed by atoms with Crippen molar-refractivity contribution in [2.75, 3.05) is 6.61 Å². The lowest BCUT2D eigenvalue weighted by molar-refractivity contribution is -0.194. The summed E-state index contributed by atoms with van der Waals surface area (Å²) in [7, 11) is 0. The first-order chi connectivity index (χ1) is 12.7. The Kier molecular flexibility index (Phi) is 6.08. The number of aliphatic hydroxyl groups is 2. The van der Waals surface area contributed by atoms with E-state index in [1.165, 1.54) is 25.7 Å². The molecule has 3 aliphatic carbocycles. The van der Waals surface area contributed by atoms with Crippen molar-refractivity contribution < 1.29 is 19.7 Å². The van der Waals surface area contributed by atoms with Crippen LogP contribution in [-0.4, -0.2) is 34.5 Å². The van der Waals surface area contributed by atoms with Gasteiger partial charge in [-0.2, -0.15) is 0 Å². The van der Waals surface area contributed by atoms with Gasteiger partial charge in [-0.3, -0.25) is 4.79 Å². The zero-order chi connectivity index (χ0) is 19.8. The van der Waals surface area contributed by atoms with Gasteiger partial charge in [-0.05, 0) is 75.0 Å². The van der Waals surface area contributed by atoms with Gasteiger partial charge in [0.1, 0.15) is 5.60 Å². The van der Waals surface area contributed by atoms with Gasteiger partial charge in [0.15, 0.2) is 0 Å². The summed E-state index contributed by atoms with van der Waals surface area (Å²) in [6.45, 7) is 8.75. The first kappa shape index (κ1) is 20.9. The van der Waals surface area contributed by atoms with Crippen LogP contribution in [0.3, 0.4) is 0 Å². The largest absolute Gasteiger partial charge is 0.459 e. The number of aliphatic hydroxyl groups excluding tert-OH is 2.